The van der Waals surface area contributed by atoms with Crippen molar-refractivity contribution >= 4 is 17.7 Å². The molecule has 5 nitrogen and oxygen atoms in total. The van der Waals surface area contributed by atoms with E-state index in [1.807, 2.05) is 0 Å². The Morgan fingerprint density at radius 1 is 1.50 bits per heavy atom. The predicted molar refractivity (Wildman–Crippen MR) is 58.9 cm³/mol. The number of aryl methyl sites for hydroxylation is 1. The van der Waals surface area contributed by atoms with Gasteiger partial charge in [0.05, 0.1) is 7.11 Å². The zero-order valence-corrected chi connectivity index (χ0v) is 9.32. The maximum atomic E-state index is 10.9. The molecule has 1 aromatic rings. The van der Waals surface area contributed by atoms with E-state index in [0.717, 1.165) is 5.56 Å². The molecule has 1 aromatic heterocycles. The quantitative estimate of drug-likeness (QED) is 0.776. The van der Waals surface area contributed by atoms with Crippen LogP contribution in [0.2, 0.25) is 0 Å². The highest BCUT2D eigenvalue weighted by molar-refractivity contribution is 5.87. The van der Waals surface area contributed by atoms with Crippen LogP contribution in [0.25, 0.3) is 0 Å². The SMILES string of the molecule is COC(=O)CCc1ccnc(NC(C)=O)c1. The van der Waals surface area contributed by atoms with Crippen LogP contribution in [0.1, 0.15) is 18.9 Å². The smallest absolute Gasteiger partial charge is 0.305 e. The molecule has 0 aliphatic carbocycles. The molecule has 16 heavy (non-hydrogen) atoms. The third-order valence-corrected chi connectivity index (χ3v) is 1.97. The summed E-state index contributed by atoms with van der Waals surface area (Å²) < 4.78 is 4.54. The van der Waals surface area contributed by atoms with Crippen LogP contribution in [0, 0.1) is 0 Å². The molecule has 1 amide bonds. The number of hydrogen-bond acceptors (Lipinski definition) is 4. The number of aromatic nitrogens is 1. The van der Waals surface area contributed by atoms with Crippen molar-refractivity contribution in [3.05, 3.63) is 23.9 Å². The monoisotopic (exact) mass is 222 g/mol. The molecular formula is C11H14N2O3. The molecule has 0 unspecified atom stereocenters. The number of esters is 1. The highest BCUT2D eigenvalue weighted by Gasteiger charge is 2.03. The van der Waals surface area contributed by atoms with E-state index in [2.05, 4.69) is 15.0 Å². The maximum absolute atomic E-state index is 10.9. The van der Waals surface area contributed by atoms with Crippen molar-refractivity contribution in [3.63, 3.8) is 0 Å². The van der Waals surface area contributed by atoms with E-state index < -0.39 is 0 Å². The highest BCUT2D eigenvalue weighted by atomic mass is 16.5. The fourth-order valence-corrected chi connectivity index (χ4v) is 1.23. The lowest BCUT2D eigenvalue weighted by Gasteiger charge is -2.04. The van der Waals surface area contributed by atoms with Crippen molar-refractivity contribution < 1.29 is 14.3 Å². The van der Waals surface area contributed by atoms with Gasteiger partial charge in [0.25, 0.3) is 0 Å². The summed E-state index contributed by atoms with van der Waals surface area (Å²) in [5.74, 6) is 0.0744. The summed E-state index contributed by atoms with van der Waals surface area (Å²) in [6.45, 7) is 1.42. The van der Waals surface area contributed by atoms with Gasteiger partial charge in [0, 0.05) is 19.5 Å². The van der Waals surface area contributed by atoms with Gasteiger partial charge in [-0.3, -0.25) is 9.59 Å². The van der Waals surface area contributed by atoms with E-state index in [9.17, 15) is 9.59 Å². The summed E-state index contributed by atoms with van der Waals surface area (Å²) in [6, 6.07) is 3.54. The van der Waals surface area contributed by atoms with Crippen molar-refractivity contribution in [1.29, 1.82) is 0 Å². The fourth-order valence-electron chi connectivity index (χ4n) is 1.23. The molecule has 1 heterocycles. The van der Waals surface area contributed by atoms with Gasteiger partial charge < -0.3 is 10.1 Å². The van der Waals surface area contributed by atoms with Gasteiger partial charge in [-0.05, 0) is 24.1 Å². The number of nitrogens with one attached hydrogen (secondary N) is 1. The van der Waals surface area contributed by atoms with Crippen LogP contribution in [0.3, 0.4) is 0 Å². The van der Waals surface area contributed by atoms with Crippen molar-refractivity contribution in [1.82, 2.24) is 4.98 Å². The van der Waals surface area contributed by atoms with Crippen molar-refractivity contribution in [2.45, 2.75) is 19.8 Å². The topological polar surface area (TPSA) is 68.3 Å². The van der Waals surface area contributed by atoms with Gasteiger partial charge in [-0.1, -0.05) is 0 Å². The Morgan fingerprint density at radius 3 is 2.88 bits per heavy atom. The van der Waals surface area contributed by atoms with E-state index in [1.54, 1.807) is 18.3 Å². The van der Waals surface area contributed by atoms with E-state index in [-0.39, 0.29) is 11.9 Å². The molecule has 5 heteroatoms. The summed E-state index contributed by atoms with van der Waals surface area (Å²) in [4.78, 5) is 25.7. The first-order chi connectivity index (χ1) is 7.61. The number of methoxy groups -OCH3 is 1. The molecule has 1 N–H and O–H groups in total. The minimum atomic E-state index is -0.252. The molecule has 0 spiro atoms. The molecule has 86 valence electrons. The zero-order chi connectivity index (χ0) is 12.0. The number of anilines is 1. The third-order valence-electron chi connectivity index (χ3n) is 1.97. The Labute approximate surface area is 93.8 Å². The van der Waals surface area contributed by atoms with Crippen LogP contribution in [-0.2, 0) is 20.7 Å². The molecule has 0 aliphatic heterocycles. The number of ether oxygens (including phenoxy) is 1. The summed E-state index contributed by atoms with van der Waals surface area (Å²) in [6.07, 6.45) is 2.49. The maximum Gasteiger partial charge on any atom is 0.305 e. The number of amides is 1. The van der Waals surface area contributed by atoms with Gasteiger partial charge in [-0.2, -0.15) is 0 Å². The molecular weight excluding hydrogens is 208 g/mol. The zero-order valence-electron chi connectivity index (χ0n) is 9.32. The number of carbonyl (C=O) groups excluding carboxylic acids is 2. The van der Waals surface area contributed by atoms with Crippen molar-refractivity contribution in [3.8, 4) is 0 Å². The Hall–Kier alpha value is -1.91. The second-order valence-corrected chi connectivity index (χ2v) is 3.31. The normalized spacial score (nSPS) is 9.62. The molecule has 0 saturated carbocycles. The molecule has 0 aromatic carbocycles. The second-order valence-electron chi connectivity index (χ2n) is 3.31. The van der Waals surface area contributed by atoms with Crippen LogP contribution in [0.15, 0.2) is 18.3 Å². The number of pyridine rings is 1. The van der Waals surface area contributed by atoms with Gasteiger partial charge in [0.1, 0.15) is 5.82 Å². The van der Waals surface area contributed by atoms with Gasteiger partial charge in [0.15, 0.2) is 0 Å². The standard InChI is InChI=1S/C11H14N2O3/c1-8(14)13-10-7-9(5-6-12-10)3-4-11(15)16-2/h5-7H,3-4H2,1-2H3,(H,12,13,14). The van der Waals surface area contributed by atoms with Crippen LogP contribution < -0.4 is 5.32 Å². The molecule has 0 saturated heterocycles. The summed E-state index contributed by atoms with van der Waals surface area (Å²) in [5, 5.41) is 2.58. The minimum Gasteiger partial charge on any atom is -0.469 e. The predicted octanol–water partition coefficient (Wildman–Crippen LogP) is 1.15. The fraction of sp³-hybridized carbons (Fsp3) is 0.364. The first-order valence-electron chi connectivity index (χ1n) is 4.91. The number of carbonyl (C=O) groups is 2. The Bertz CT molecular complexity index is 391. The molecule has 0 aliphatic rings. The van der Waals surface area contributed by atoms with Gasteiger partial charge >= 0.3 is 5.97 Å². The van der Waals surface area contributed by atoms with Gasteiger partial charge in [0.2, 0.25) is 5.91 Å². The Morgan fingerprint density at radius 2 is 2.25 bits per heavy atom. The van der Waals surface area contributed by atoms with Crippen LogP contribution in [0.5, 0.6) is 0 Å². The lowest BCUT2D eigenvalue weighted by molar-refractivity contribution is -0.140. The van der Waals surface area contributed by atoms with Crippen LogP contribution in [-0.4, -0.2) is 24.0 Å². The van der Waals surface area contributed by atoms with Gasteiger partial charge in [-0.15, -0.1) is 0 Å². The lowest BCUT2D eigenvalue weighted by Crippen LogP contribution is -2.08. The molecule has 0 atom stereocenters. The van der Waals surface area contributed by atoms with E-state index in [0.29, 0.717) is 18.7 Å². The van der Waals surface area contributed by atoms with E-state index in [4.69, 9.17) is 0 Å². The first kappa shape index (κ1) is 12.2. The molecule has 0 radical (unpaired) electrons. The largest absolute Gasteiger partial charge is 0.469 e. The molecule has 0 fully saturated rings. The Kier molecular flexibility index (Phi) is 4.44. The number of nitrogens with zero attached hydrogens (tertiary/aromatic N) is 1. The summed E-state index contributed by atoms with van der Waals surface area (Å²) in [5.41, 5.74) is 0.934. The summed E-state index contributed by atoms with van der Waals surface area (Å²) >= 11 is 0. The number of rotatable bonds is 4. The van der Waals surface area contributed by atoms with Gasteiger partial charge in [-0.25, -0.2) is 4.98 Å². The van der Waals surface area contributed by atoms with E-state index in [1.165, 1.54) is 14.0 Å². The summed E-state index contributed by atoms with van der Waals surface area (Å²) in [7, 11) is 1.36. The lowest BCUT2D eigenvalue weighted by atomic mass is 10.1. The third kappa shape index (κ3) is 4.08. The first-order valence-corrected chi connectivity index (χ1v) is 4.91. The molecule has 0 bridgehead atoms. The second kappa shape index (κ2) is 5.85. The van der Waals surface area contributed by atoms with Crippen LogP contribution >= 0.6 is 0 Å². The average molecular weight is 222 g/mol. The minimum absolute atomic E-state index is 0.169. The van der Waals surface area contributed by atoms with Crippen molar-refractivity contribution in [2.24, 2.45) is 0 Å². The van der Waals surface area contributed by atoms with E-state index >= 15 is 0 Å². The number of hydrogen-bond donors (Lipinski definition) is 1. The molecule has 1 rings (SSSR count). The van der Waals surface area contributed by atoms with Crippen molar-refractivity contribution in [2.75, 3.05) is 12.4 Å². The Balaban J connectivity index is 2.60. The van der Waals surface area contributed by atoms with Crippen LogP contribution in [0.4, 0.5) is 5.82 Å². The highest BCUT2D eigenvalue weighted by Crippen LogP contribution is 2.09. The average Bonchev–Trinajstić information content (AvgIpc) is 2.25.